The van der Waals surface area contributed by atoms with Crippen LogP contribution in [0, 0.1) is 11.3 Å². The van der Waals surface area contributed by atoms with E-state index >= 15 is 0 Å². The number of nitriles is 1. The second-order valence-electron chi connectivity index (χ2n) is 6.19. The molecule has 0 unspecified atom stereocenters. The number of nitrogens with zero attached hydrogens (tertiary/aromatic N) is 1. The molecule has 0 saturated heterocycles. The lowest BCUT2D eigenvalue weighted by Gasteiger charge is -2.05. The first-order valence-electron chi connectivity index (χ1n) is 8.58. The second-order valence-corrected chi connectivity index (χ2v) is 6.19. The first-order chi connectivity index (χ1) is 13.4. The molecule has 0 amide bonds. The normalized spacial score (nSPS) is 11.8. The zero-order valence-electron chi connectivity index (χ0n) is 14.8. The zero-order valence-corrected chi connectivity index (χ0v) is 14.8. The zero-order chi connectivity index (χ0) is 20.0. The van der Waals surface area contributed by atoms with Crippen LogP contribution < -0.4 is 0 Å². The summed E-state index contributed by atoms with van der Waals surface area (Å²) in [5.74, 6) is 0. The fourth-order valence-corrected chi connectivity index (χ4v) is 2.60. The second kappa shape index (κ2) is 8.41. The van der Waals surface area contributed by atoms with E-state index in [4.69, 9.17) is 5.26 Å². The highest BCUT2D eigenvalue weighted by atomic mass is 19.4. The SMILES string of the molecule is N#Cc1ccc(/C=C/c2cccc(/C=C/c3ccc(C(F)(F)F)cc3)c2)cc1. The molecular weight excluding hydrogens is 359 g/mol. The topological polar surface area (TPSA) is 23.8 Å². The van der Waals surface area contributed by atoms with Gasteiger partial charge in [-0.2, -0.15) is 18.4 Å². The summed E-state index contributed by atoms with van der Waals surface area (Å²) in [6.07, 6.45) is 3.25. The Bertz CT molecular complexity index is 1030. The van der Waals surface area contributed by atoms with Crippen LogP contribution in [0.1, 0.15) is 33.4 Å². The minimum absolute atomic E-state index is 0.618. The molecule has 0 N–H and O–H groups in total. The third kappa shape index (κ3) is 5.21. The lowest BCUT2D eigenvalue weighted by molar-refractivity contribution is -0.137. The average Bonchev–Trinajstić information content (AvgIpc) is 2.71. The highest BCUT2D eigenvalue weighted by Gasteiger charge is 2.29. The molecule has 0 radical (unpaired) electrons. The maximum atomic E-state index is 12.6. The van der Waals surface area contributed by atoms with Crippen molar-refractivity contribution in [2.45, 2.75) is 6.18 Å². The van der Waals surface area contributed by atoms with Crippen molar-refractivity contribution in [1.29, 1.82) is 5.26 Å². The molecule has 0 aliphatic heterocycles. The van der Waals surface area contributed by atoms with Gasteiger partial charge in [-0.3, -0.25) is 0 Å². The molecule has 4 heteroatoms. The Hall–Kier alpha value is -3.58. The van der Waals surface area contributed by atoms with E-state index < -0.39 is 11.7 Å². The van der Waals surface area contributed by atoms with E-state index in [0.29, 0.717) is 11.1 Å². The predicted octanol–water partition coefficient (Wildman–Crippen LogP) is 6.92. The summed E-state index contributed by atoms with van der Waals surface area (Å²) in [7, 11) is 0. The van der Waals surface area contributed by atoms with E-state index in [1.807, 2.05) is 54.6 Å². The van der Waals surface area contributed by atoms with Crippen LogP contribution in [0.3, 0.4) is 0 Å². The molecule has 3 aromatic carbocycles. The third-order valence-electron chi connectivity index (χ3n) is 4.12. The molecule has 28 heavy (non-hydrogen) atoms. The summed E-state index contributed by atoms with van der Waals surface area (Å²) in [5, 5.41) is 8.82. The Morgan fingerprint density at radius 1 is 0.643 bits per heavy atom. The Morgan fingerprint density at radius 2 is 1.11 bits per heavy atom. The van der Waals surface area contributed by atoms with Gasteiger partial charge in [-0.05, 0) is 52.6 Å². The Balaban J connectivity index is 1.71. The van der Waals surface area contributed by atoms with Crippen molar-refractivity contribution in [2.24, 2.45) is 0 Å². The average molecular weight is 375 g/mol. The first kappa shape index (κ1) is 19.2. The maximum Gasteiger partial charge on any atom is 0.416 e. The van der Waals surface area contributed by atoms with Gasteiger partial charge in [0.2, 0.25) is 0 Å². The smallest absolute Gasteiger partial charge is 0.192 e. The summed E-state index contributed by atoms with van der Waals surface area (Å²) in [6.45, 7) is 0. The van der Waals surface area contributed by atoms with E-state index in [2.05, 4.69) is 6.07 Å². The number of hydrogen-bond donors (Lipinski definition) is 0. The molecule has 1 nitrogen and oxygen atoms in total. The lowest BCUT2D eigenvalue weighted by atomic mass is 10.1. The van der Waals surface area contributed by atoms with Crippen LogP contribution in [-0.4, -0.2) is 0 Å². The number of hydrogen-bond acceptors (Lipinski definition) is 1. The lowest BCUT2D eigenvalue weighted by Crippen LogP contribution is -2.03. The standard InChI is InChI=1S/C24H16F3N/c25-24(26,27)23-14-12-19(13-15-23)5-9-21-3-1-2-20(16-21)8-4-18-6-10-22(17-28)11-7-18/h1-16H/b8-4+,9-5+. The van der Waals surface area contributed by atoms with Gasteiger partial charge >= 0.3 is 6.18 Å². The van der Waals surface area contributed by atoms with E-state index in [9.17, 15) is 13.2 Å². The Kier molecular flexibility index (Phi) is 5.76. The van der Waals surface area contributed by atoms with Crippen molar-refractivity contribution in [3.8, 4) is 6.07 Å². The van der Waals surface area contributed by atoms with Gasteiger partial charge in [0.1, 0.15) is 0 Å². The van der Waals surface area contributed by atoms with Gasteiger partial charge in [-0.25, -0.2) is 0 Å². The largest absolute Gasteiger partial charge is 0.416 e. The van der Waals surface area contributed by atoms with E-state index in [-0.39, 0.29) is 0 Å². The van der Waals surface area contributed by atoms with Gasteiger partial charge < -0.3 is 0 Å². The Morgan fingerprint density at radius 3 is 1.57 bits per heavy atom. The highest BCUT2D eigenvalue weighted by Crippen LogP contribution is 2.29. The van der Waals surface area contributed by atoms with Crippen molar-refractivity contribution >= 4 is 24.3 Å². The molecule has 0 aliphatic rings. The van der Waals surface area contributed by atoms with Gasteiger partial charge in [0.25, 0.3) is 0 Å². The van der Waals surface area contributed by atoms with Crippen LogP contribution in [0.4, 0.5) is 13.2 Å². The maximum absolute atomic E-state index is 12.6. The third-order valence-corrected chi connectivity index (χ3v) is 4.12. The predicted molar refractivity (Wildman–Crippen MR) is 107 cm³/mol. The molecule has 0 bridgehead atoms. The molecule has 138 valence electrons. The monoisotopic (exact) mass is 375 g/mol. The molecule has 0 fully saturated rings. The molecule has 0 heterocycles. The number of alkyl halides is 3. The van der Waals surface area contributed by atoms with Crippen LogP contribution in [0.15, 0.2) is 72.8 Å². The van der Waals surface area contributed by atoms with Gasteiger partial charge in [0.05, 0.1) is 17.2 Å². The molecule has 3 rings (SSSR count). The van der Waals surface area contributed by atoms with Crippen molar-refractivity contribution < 1.29 is 13.2 Å². The van der Waals surface area contributed by atoms with Gasteiger partial charge in [-0.15, -0.1) is 0 Å². The number of halogens is 3. The summed E-state index contributed by atoms with van der Waals surface area (Å²) in [5.41, 5.74) is 3.60. The van der Waals surface area contributed by atoms with Gasteiger partial charge in [0.15, 0.2) is 0 Å². The number of benzene rings is 3. The van der Waals surface area contributed by atoms with Crippen molar-refractivity contribution in [1.82, 2.24) is 0 Å². The molecule has 3 aromatic rings. The summed E-state index contributed by atoms with van der Waals surface area (Å²) >= 11 is 0. The fraction of sp³-hybridized carbons (Fsp3) is 0.0417. The first-order valence-corrected chi connectivity index (χ1v) is 8.58. The van der Waals surface area contributed by atoms with Crippen molar-refractivity contribution in [2.75, 3.05) is 0 Å². The van der Waals surface area contributed by atoms with Crippen molar-refractivity contribution in [3.05, 3.63) is 106 Å². The van der Waals surface area contributed by atoms with Crippen LogP contribution in [0.25, 0.3) is 24.3 Å². The summed E-state index contributed by atoms with van der Waals surface area (Å²) in [4.78, 5) is 0. The quantitative estimate of drug-likeness (QED) is 0.454. The molecule has 0 spiro atoms. The molecule has 0 atom stereocenters. The summed E-state index contributed by atoms with van der Waals surface area (Å²) < 4.78 is 37.8. The summed E-state index contributed by atoms with van der Waals surface area (Å²) in [6, 6.07) is 22.2. The van der Waals surface area contributed by atoms with E-state index in [0.717, 1.165) is 28.8 Å². The van der Waals surface area contributed by atoms with Crippen LogP contribution in [-0.2, 0) is 6.18 Å². The van der Waals surface area contributed by atoms with E-state index in [1.54, 1.807) is 18.2 Å². The van der Waals surface area contributed by atoms with Gasteiger partial charge in [0, 0.05) is 0 Å². The highest BCUT2D eigenvalue weighted by molar-refractivity contribution is 5.74. The minimum atomic E-state index is -4.32. The van der Waals surface area contributed by atoms with Crippen LogP contribution >= 0.6 is 0 Å². The van der Waals surface area contributed by atoms with Crippen LogP contribution in [0.2, 0.25) is 0 Å². The fourth-order valence-electron chi connectivity index (χ4n) is 2.60. The Labute approximate surface area is 161 Å². The van der Waals surface area contributed by atoms with Crippen molar-refractivity contribution in [3.63, 3.8) is 0 Å². The molecule has 0 aliphatic carbocycles. The molecule has 0 saturated carbocycles. The van der Waals surface area contributed by atoms with Gasteiger partial charge in [-0.1, -0.05) is 66.8 Å². The molecular formula is C24H16F3N. The minimum Gasteiger partial charge on any atom is -0.192 e. The number of rotatable bonds is 4. The van der Waals surface area contributed by atoms with Crippen LogP contribution in [0.5, 0.6) is 0 Å². The molecule has 0 aromatic heterocycles. The van der Waals surface area contributed by atoms with E-state index in [1.165, 1.54) is 12.1 Å².